The lowest BCUT2D eigenvalue weighted by Crippen LogP contribution is -2.36. The van der Waals surface area contributed by atoms with Crippen molar-refractivity contribution < 1.29 is 28.6 Å². The molecule has 0 fully saturated rings. The molecule has 3 rings (SSSR count). The van der Waals surface area contributed by atoms with Gasteiger partial charge in [-0.15, -0.1) is 0 Å². The van der Waals surface area contributed by atoms with Gasteiger partial charge in [-0.2, -0.15) is 0 Å². The molecule has 0 aliphatic rings. The van der Waals surface area contributed by atoms with Crippen LogP contribution >= 0.6 is 0 Å². The first kappa shape index (κ1) is 23.5. The lowest BCUT2D eigenvalue weighted by atomic mass is 9.98. The fraction of sp³-hybridized carbons (Fsp3) is 0.174. The molecule has 1 unspecified atom stereocenters. The molecule has 0 aliphatic carbocycles. The molecule has 1 heterocycles. The summed E-state index contributed by atoms with van der Waals surface area (Å²) in [6, 6.07) is 7.76. The van der Waals surface area contributed by atoms with Gasteiger partial charge >= 0.3 is 12.0 Å². The number of carboxylic acids is 1. The summed E-state index contributed by atoms with van der Waals surface area (Å²) in [5.74, 6) is -3.63. The summed E-state index contributed by atoms with van der Waals surface area (Å²) < 4.78 is 28.1. The second-order valence-corrected chi connectivity index (χ2v) is 7.46. The number of nitrogens with one attached hydrogen (secondary N) is 2. The highest BCUT2D eigenvalue weighted by atomic mass is 19.2. The Labute approximate surface area is 187 Å². The van der Waals surface area contributed by atoms with Gasteiger partial charge in [0.15, 0.2) is 17.3 Å². The molecular weight excluding hydrogens is 436 g/mol. The van der Waals surface area contributed by atoms with Crippen molar-refractivity contribution >= 4 is 17.7 Å². The number of aliphatic carboxylic acids is 1. The van der Waals surface area contributed by atoms with Crippen molar-refractivity contribution in [1.29, 1.82) is 0 Å². The van der Waals surface area contributed by atoms with Crippen molar-refractivity contribution in [2.24, 2.45) is 7.05 Å². The lowest BCUT2D eigenvalue weighted by Gasteiger charge is -2.19. The molecule has 2 aromatic carbocycles. The number of carboxylic acid groups (broad SMARTS) is 1. The number of aromatic hydroxyl groups is 1. The van der Waals surface area contributed by atoms with Crippen LogP contribution in [0.1, 0.15) is 23.6 Å². The Morgan fingerprint density at radius 2 is 1.79 bits per heavy atom. The van der Waals surface area contributed by atoms with Gasteiger partial charge in [-0.25, -0.2) is 13.6 Å². The fourth-order valence-electron chi connectivity index (χ4n) is 3.34. The summed E-state index contributed by atoms with van der Waals surface area (Å²) in [6.45, 7) is 1.55. The normalized spacial score (nSPS) is 11.6. The molecule has 0 saturated heterocycles. The standard InChI is InChI=1S/C23H21F2N3O5/c1-12-11-28(2)22(32)20(21(12)31)27-23(33)26-18(10-19(29)30)15-5-3-4-13(8-15)14-6-7-16(24)17(25)9-14/h3-9,11,18,31H,10H2,1-2H3,(H,29,30)(H2,26,27,33). The van der Waals surface area contributed by atoms with Crippen LogP contribution in [0.2, 0.25) is 0 Å². The number of carbonyl (C=O) groups is 2. The summed E-state index contributed by atoms with van der Waals surface area (Å²) >= 11 is 0. The number of rotatable bonds is 6. The number of urea groups is 1. The summed E-state index contributed by atoms with van der Waals surface area (Å²) in [6.07, 6.45) is 0.907. The fourth-order valence-corrected chi connectivity index (χ4v) is 3.34. The molecule has 0 saturated carbocycles. The predicted octanol–water partition coefficient (Wildman–Crippen LogP) is 3.68. The van der Waals surface area contributed by atoms with Crippen LogP contribution in [0.15, 0.2) is 53.5 Å². The van der Waals surface area contributed by atoms with Crippen LogP contribution in [-0.4, -0.2) is 26.8 Å². The molecule has 0 radical (unpaired) electrons. The number of halogens is 2. The monoisotopic (exact) mass is 457 g/mol. The number of carbonyl (C=O) groups excluding carboxylic acids is 1. The van der Waals surface area contributed by atoms with Gasteiger partial charge < -0.3 is 25.4 Å². The van der Waals surface area contributed by atoms with Gasteiger partial charge in [0.1, 0.15) is 5.75 Å². The Balaban J connectivity index is 1.89. The first-order chi connectivity index (χ1) is 15.6. The molecule has 0 aliphatic heterocycles. The van der Waals surface area contributed by atoms with Crippen molar-refractivity contribution in [2.45, 2.75) is 19.4 Å². The SMILES string of the molecule is Cc1cn(C)c(=O)c(NC(=O)NC(CC(=O)O)c2cccc(-c3ccc(F)c(F)c3)c2)c1O. The number of amides is 2. The molecule has 1 aromatic heterocycles. The Bertz CT molecular complexity index is 1290. The van der Waals surface area contributed by atoms with Crippen LogP contribution in [-0.2, 0) is 11.8 Å². The quantitative estimate of drug-likeness (QED) is 0.450. The van der Waals surface area contributed by atoms with E-state index in [0.29, 0.717) is 22.3 Å². The van der Waals surface area contributed by atoms with E-state index < -0.39 is 47.4 Å². The minimum Gasteiger partial charge on any atom is -0.505 e. The molecule has 33 heavy (non-hydrogen) atoms. The second kappa shape index (κ2) is 9.51. The van der Waals surface area contributed by atoms with Gasteiger partial charge in [0.2, 0.25) is 0 Å². The summed E-state index contributed by atoms with van der Waals surface area (Å²) in [4.78, 5) is 36.3. The van der Waals surface area contributed by atoms with Gasteiger partial charge in [-0.3, -0.25) is 9.59 Å². The van der Waals surface area contributed by atoms with Crippen LogP contribution in [0.5, 0.6) is 5.75 Å². The van der Waals surface area contributed by atoms with Crippen LogP contribution in [0.4, 0.5) is 19.3 Å². The molecule has 8 nitrogen and oxygen atoms in total. The van der Waals surface area contributed by atoms with Gasteiger partial charge in [-0.1, -0.05) is 24.3 Å². The largest absolute Gasteiger partial charge is 0.505 e. The maximum atomic E-state index is 13.6. The lowest BCUT2D eigenvalue weighted by molar-refractivity contribution is -0.137. The summed E-state index contributed by atoms with van der Waals surface area (Å²) in [5.41, 5.74) is 0.587. The third-order valence-corrected chi connectivity index (χ3v) is 5.00. The summed E-state index contributed by atoms with van der Waals surface area (Å²) in [5, 5.41) is 24.2. The van der Waals surface area contributed by atoms with Crippen molar-refractivity contribution in [3.05, 3.63) is 81.8 Å². The van der Waals surface area contributed by atoms with Crippen LogP contribution in [0.3, 0.4) is 0 Å². The molecule has 4 N–H and O–H groups in total. The predicted molar refractivity (Wildman–Crippen MR) is 117 cm³/mol. The molecule has 172 valence electrons. The molecule has 2 amide bonds. The minimum atomic E-state index is -1.20. The molecular formula is C23H21F2N3O5. The highest BCUT2D eigenvalue weighted by Crippen LogP contribution is 2.27. The maximum Gasteiger partial charge on any atom is 0.319 e. The molecule has 0 bridgehead atoms. The van der Waals surface area contributed by atoms with E-state index >= 15 is 0 Å². The van der Waals surface area contributed by atoms with Crippen LogP contribution < -0.4 is 16.2 Å². The molecule has 3 aromatic rings. The van der Waals surface area contributed by atoms with E-state index in [1.165, 1.54) is 23.9 Å². The van der Waals surface area contributed by atoms with Crippen molar-refractivity contribution in [3.8, 4) is 16.9 Å². The number of anilines is 1. The van der Waals surface area contributed by atoms with E-state index in [1.54, 1.807) is 31.2 Å². The van der Waals surface area contributed by atoms with Crippen LogP contribution in [0.25, 0.3) is 11.1 Å². The number of hydrogen-bond acceptors (Lipinski definition) is 4. The molecule has 0 spiro atoms. The Hall–Kier alpha value is -4.21. The van der Waals surface area contributed by atoms with Gasteiger partial charge in [0.05, 0.1) is 12.5 Å². The summed E-state index contributed by atoms with van der Waals surface area (Å²) in [7, 11) is 1.45. The minimum absolute atomic E-state index is 0.348. The average molecular weight is 457 g/mol. The van der Waals surface area contributed by atoms with E-state index in [1.807, 2.05) is 0 Å². The van der Waals surface area contributed by atoms with Crippen molar-refractivity contribution in [1.82, 2.24) is 9.88 Å². The second-order valence-electron chi connectivity index (χ2n) is 7.46. The van der Waals surface area contributed by atoms with E-state index in [9.17, 15) is 33.4 Å². The molecule has 10 heteroatoms. The number of pyridine rings is 1. The molecule has 1 atom stereocenters. The van der Waals surface area contributed by atoms with Gasteiger partial charge in [0.25, 0.3) is 5.56 Å². The Morgan fingerprint density at radius 3 is 2.45 bits per heavy atom. The van der Waals surface area contributed by atoms with Crippen molar-refractivity contribution in [3.63, 3.8) is 0 Å². The number of aromatic nitrogens is 1. The highest BCUT2D eigenvalue weighted by Gasteiger charge is 2.21. The Morgan fingerprint density at radius 1 is 1.09 bits per heavy atom. The zero-order chi connectivity index (χ0) is 24.3. The smallest absolute Gasteiger partial charge is 0.319 e. The topological polar surface area (TPSA) is 121 Å². The zero-order valence-electron chi connectivity index (χ0n) is 17.7. The highest BCUT2D eigenvalue weighted by molar-refractivity contribution is 5.91. The van der Waals surface area contributed by atoms with E-state index in [2.05, 4.69) is 10.6 Å². The van der Waals surface area contributed by atoms with Gasteiger partial charge in [-0.05, 0) is 41.8 Å². The van der Waals surface area contributed by atoms with E-state index in [4.69, 9.17) is 0 Å². The van der Waals surface area contributed by atoms with E-state index in [-0.39, 0.29) is 5.69 Å². The number of benzene rings is 2. The maximum absolute atomic E-state index is 13.6. The number of nitrogens with zero attached hydrogens (tertiary/aromatic N) is 1. The third-order valence-electron chi connectivity index (χ3n) is 5.00. The Kier molecular flexibility index (Phi) is 6.76. The first-order valence-corrected chi connectivity index (χ1v) is 9.80. The van der Waals surface area contributed by atoms with E-state index in [0.717, 1.165) is 12.1 Å². The average Bonchev–Trinajstić information content (AvgIpc) is 2.76. The van der Waals surface area contributed by atoms with Crippen molar-refractivity contribution in [2.75, 3.05) is 5.32 Å². The van der Waals surface area contributed by atoms with Gasteiger partial charge in [0, 0.05) is 18.8 Å². The number of hydrogen-bond donors (Lipinski definition) is 4. The third kappa shape index (κ3) is 5.35. The zero-order valence-corrected chi connectivity index (χ0v) is 17.7. The number of aryl methyl sites for hydroxylation is 2. The first-order valence-electron chi connectivity index (χ1n) is 9.80. The van der Waals surface area contributed by atoms with Crippen LogP contribution in [0, 0.1) is 18.6 Å².